The first-order chi connectivity index (χ1) is 13.0. The standard InChI is InChI=1S/C21H22ClNO4/c1-26-19-10-5-17(6-11-19)15-23(14-13-21(25)27-2)20(24)12-7-16-3-8-18(22)9-4-16/h3-12H,13-15H2,1-2H3/b12-7+. The summed E-state index contributed by atoms with van der Waals surface area (Å²) in [5, 5.41) is 0.637. The number of nitrogens with zero attached hydrogens (tertiary/aromatic N) is 1. The first-order valence-corrected chi connectivity index (χ1v) is 8.82. The second-order valence-corrected chi connectivity index (χ2v) is 6.26. The van der Waals surface area contributed by atoms with E-state index in [1.54, 1.807) is 30.2 Å². The highest BCUT2D eigenvalue weighted by Crippen LogP contribution is 2.15. The summed E-state index contributed by atoms with van der Waals surface area (Å²) in [5.41, 5.74) is 1.80. The van der Waals surface area contributed by atoms with Crippen molar-refractivity contribution in [3.05, 3.63) is 70.8 Å². The van der Waals surface area contributed by atoms with Crippen molar-refractivity contribution in [1.82, 2.24) is 4.90 Å². The van der Waals surface area contributed by atoms with Crippen LogP contribution in [0.25, 0.3) is 6.08 Å². The molecule has 142 valence electrons. The van der Waals surface area contributed by atoms with Crippen molar-refractivity contribution in [2.75, 3.05) is 20.8 Å². The van der Waals surface area contributed by atoms with Gasteiger partial charge in [-0.05, 0) is 41.5 Å². The maximum atomic E-state index is 12.6. The van der Waals surface area contributed by atoms with Crippen LogP contribution in [0.1, 0.15) is 17.5 Å². The Bertz CT molecular complexity index is 785. The van der Waals surface area contributed by atoms with Crippen LogP contribution >= 0.6 is 11.6 Å². The van der Waals surface area contributed by atoms with Crippen LogP contribution in [0.2, 0.25) is 5.02 Å². The molecule has 0 bridgehead atoms. The molecule has 0 aromatic heterocycles. The minimum absolute atomic E-state index is 0.132. The molecule has 0 atom stereocenters. The third-order valence-corrected chi connectivity index (χ3v) is 4.20. The molecule has 0 fully saturated rings. The molecule has 0 saturated carbocycles. The van der Waals surface area contributed by atoms with Gasteiger partial charge in [-0.15, -0.1) is 0 Å². The van der Waals surface area contributed by atoms with Gasteiger partial charge < -0.3 is 14.4 Å². The first kappa shape index (κ1) is 20.5. The predicted molar refractivity (Wildman–Crippen MR) is 106 cm³/mol. The Balaban J connectivity index is 2.10. The molecule has 0 N–H and O–H groups in total. The Hall–Kier alpha value is -2.79. The summed E-state index contributed by atoms with van der Waals surface area (Å²) in [7, 11) is 2.93. The van der Waals surface area contributed by atoms with E-state index in [4.69, 9.17) is 16.3 Å². The van der Waals surface area contributed by atoms with Crippen molar-refractivity contribution in [1.29, 1.82) is 0 Å². The first-order valence-electron chi connectivity index (χ1n) is 8.44. The molecule has 0 radical (unpaired) electrons. The van der Waals surface area contributed by atoms with Crippen LogP contribution in [0.3, 0.4) is 0 Å². The van der Waals surface area contributed by atoms with E-state index in [9.17, 15) is 9.59 Å². The predicted octanol–water partition coefficient (Wildman–Crippen LogP) is 3.95. The zero-order valence-electron chi connectivity index (χ0n) is 15.4. The molecule has 0 saturated heterocycles. The van der Waals surface area contributed by atoms with Crippen molar-refractivity contribution in [3.63, 3.8) is 0 Å². The number of hydrogen-bond acceptors (Lipinski definition) is 4. The van der Waals surface area contributed by atoms with Crippen LogP contribution in [0.15, 0.2) is 54.6 Å². The third kappa shape index (κ3) is 6.79. The molecule has 6 heteroatoms. The highest BCUT2D eigenvalue weighted by molar-refractivity contribution is 6.30. The third-order valence-electron chi connectivity index (χ3n) is 3.95. The normalized spacial score (nSPS) is 10.6. The zero-order chi connectivity index (χ0) is 19.6. The fourth-order valence-electron chi connectivity index (χ4n) is 2.39. The number of halogens is 1. The van der Waals surface area contributed by atoms with Gasteiger partial charge in [0.05, 0.1) is 20.6 Å². The molecule has 0 aliphatic carbocycles. The van der Waals surface area contributed by atoms with Gasteiger partial charge in [0, 0.05) is 24.2 Å². The fraction of sp³-hybridized carbons (Fsp3) is 0.238. The van der Waals surface area contributed by atoms with Crippen LogP contribution in [0, 0.1) is 0 Å². The van der Waals surface area contributed by atoms with E-state index in [-0.39, 0.29) is 24.8 Å². The molecular formula is C21H22ClNO4. The lowest BCUT2D eigenvalue weighted by atomic mass is 10.2. The van der Waals surface area contributed by atoms with E-state index in [0.29, 0.717) is 11.6 Å². The number of rotatable bonds is 8. The Morgan fingerprint density at radius 1 is 1.04 bits per heavy atom. The van der Waals surface area contributed by atoms with Crippen molar-refractivity contribution < 1.29 is 19.1 Å². The molecule has 0 heterocycles. The number of carbonyl (C=O) groups is 2. The lowest BCUT2D eigenvalue weighted by molar-refractivity contribution is -0.141. The van der Waals surface area contributed by atoms with Crippen molar-refractivity contribution in [2.45, 2.75) is 13.0 Å². The van der Waals surface area contributed by atoms with Gasteiger partial charge in [0.1, 0.15) is 5.75 Å². The Morgan fingerprint density at radius 3 is 2.30 bits per heavy atom. The van der Waals surface area contributed by atoms with Gasteiger partial charge in [0.15, 0.2) is 0 Å². The number of amides is 1. The van der Waals surface area contributed by atoms with Gasteiger partial charge in [-0.1, -0.05) is 35.9 Å². The van der Waals surface area contributed by atoms with E-state index < -0.39 is 0 Å². The van der Waals surface area contributed by atoms with Crippen molar-refractivity contribution >= 4 is 29.6 Å². The summed E-state index contributed by atoms with van der Waals surface area (Å²) in [5.74, 6) is 0.197. The number of methoxy groups -OCH3 is 2. The van der Waals surface area contributed by atoms with Crippen LogP contribution in [0.4, 0.5) is 0 Å². The van der Waals surface area contributed by atoms with Crippen LogP contribution in [0.5, 0.6) is 5.75 Å². The number of carbonyl (C=O) groups excluding carboxylic acids is 2. The molecule has 1 amide bonds. The summed E-state index contributed by atoms with van der Waals surface area (Å²) in [6.45, 7) is 0.646. The topological polar surface area (TPSA) is 55.8 Å². The molecule has 2 rings (SSSR count). The van der Waals surface area contributed by atoms with Crippen molar-refractivity contribution in [3.8, 4) is 5.75 Å². The summed E-state index contributed by atoms with van der Waals surface area (Å²) in [4.78, 5) is 25.7. The van der Waals surface area contributed by atoms with Crippen molar-refractivity contribution in [2.24, 2.45) is 0 Å². The van der Waals surface area contributed by atoms with E-state index in [1.807, 2.05) is 36.4 Å². The molecular weight excluding hydrogens is 366 g/mol. The SMILES string of the molecule is COC(=O)CCN(Cc1ccc(OC)cc1)C(=O)/C=C/c1ccc(Cl)cc1. The van der Waals surface area contributed by atoms with Gasteiger partial charge in [-0.3, -0.25) is 9.59 Å². The van der Waals surface area contributed by atoms with Gasteiger partial charge in [0.2, 0.25) is 5.91 Å². The van der Waals surface area contributed by atoms with E-state index in [1.165, 1.54) is 13.2 Å². The average Bonchev–Trinajstić information content (AvgIpc) is 2.70. The molecule has 2 aromatic carbocycles. The maximum absolute atomic E-state index is 12.6. The molecule has 0 aliphatic heterocycles. The highest BCUT2D eigenvalue weighted by Gasteiger charge is 2.14. The lowest BCUT2D eigenvalue weighted by Gasteiger charge is -2.21. The maximum Gasteiger partial charge on any atom is 0.307 e. The molecule has 27 heavy (non-hydrogen) atoms. The summed E-state index contributed by atoms with van der Waals surface area (Å²) >= 11 is 5.87. The summed E-state index contributed by atoms with van der Waals surface area (Å²) in [6.07, 6.45) is 3.34. The lowest BCUT2D eigenvalue weighted by Crippen LogP contribution is -2.31. The second kappa shape index (κ2) is 10.4. The zero-order valence-corrected chi connectivity index (χ0v) is 16.1. The van der Waals surface area contributed by atoms with Crippen LogP contribution in [-0.4, -0.2) is 37.5 Å². The van der Waals surface area contributed by atoms with E-state index >= 15 is 0 Å². The number of ether oxygens (including phenoxy) is 2. The van der Waals surface area contributed by atoms with E-state index in [0.717, 1.165) is 16.9 Å². The minimum atomic E-state index is -0.357. The average molecular weight is 388 g/mol. The number of hydrogen-bond donors (Lipinski definition) is 0. The van der Waals surface area contributed by atoms with Gasteiger partial charge in [-0.25, -0.2) is 0 Å². The number of esters is 1. The Labute approximate surface area is 164 Å². The summed E-state index contributed by atoms with van der Waals surface area (Å²) in [6, 6.07) is 14.6. The van der Waals surface area contributed by atoms with Crippen LogP contribution in [-0.2, 0) is 20.9 Å². The minimum Gasteiger partial charge on any atom is -0.497 e. The van der Waals surface area contributed by atoms with Gasteiger partial charge in [0.25, 0.3) is 0 Å². The largest absolute Gasteiger partial charge is 0.497 e. The van der Waals surface area contributed by atoms with Gasteiger partial charge >= 0.3 is 5.97 Å². The monoisotopic (exact) mass is 387 g/mol. The second-order valence-electron chi connectivity index (χ2n) is 5.82. The Kier molecular flexibility index (Phi) is 7.89. The smallest absolute Gasteiger partial charge is 0.307 e. The van der Waals surface area contributed by atoms with Crippen LogP contribution < -0.4 is 4.74 Å². The number of benzene rings is 2. The highest BCUT2D eigenvalue weighted by atomic mass is 35.5. The molecule has 0 unspecified atom stereocenters. The van der Waals surface area contributed by atoms with Gasteiger partial charge in [-0.2, -0.15) is 0 Å². The molecule has 5 nitrogen and oxygen atoms in total. The Morgan fingerprint density at radius 2 is 1.70 bits per heavy atom. The molecule has 2 aromatic rings. The van der Waals surface area contributed by atoms with E-state index in [2.05, 4.69) is 4.74 Å². The fourth-order valence-corrected chi connectivity index (χ4v) is 2.52. The molecule has 0 aliphatic rings. The summed E-state index contributed by atoms with van der Waals surface area (Å²) < 4.78 is 9.83. The quantitative estimate of drug-likeness (QED) is 0.508. The molecule has 0 spiro atoms.